The number of guanidine groups is 1. The minimum atomic E-state index is 0.800. The summed E-state index contributed by atoms with van der Waals surface area (Å²) in [5.74, 6) is 0.800. The van der Waals surface area contributed by atoms with Crippen molar-refractivity contribution in [3.05, 3.63) is 12.4 Å². The Morgan fingerprint density at radius 2 is 2.27 bits per heavy atom. The molecule has 6 heteroatoms. The van der Waals surface area contributed by atoms with Crippen molar-refractivity contribution in [3.63, 3.8) is 0 Å². The minimum absolute atomic E-state index is 0.800. The van der Waals surface area contributed by atoms with Crippen LogP contribution in [-0.4, -0.2) is 22.7 Å². The molecule has 2 heterocycles. The van der Waals surface area contributed by atoms with Gasteiger partial charge in [-0.2, -0.15) is 10.2 Å². The van der Waals surface area contributed by atoms with Crippen LogP contribution in [0, 0.1) is 0 Å². The molecule has 0 aliphatic carbocycles. The van der Waals surface area contributed by atoms with Crippen LogP contribution in [0.15, 0.2) is 22.3 Å². The van der Waals surface area contributed by atoms with Gasteiger partial charge >= 0.3 is 0 Å². The zero-order valence-electron chi connectivity index (χ0n) is 8.53. The zero-order chi connectivity index (χ0) is 10.5. The average molecular weight is 223 g/mol. The summed E-state index contributed by atoms with van der Waals surface area (Å²) in [5.41, 5.74) is 0.868. The lowest BCUT2D eigenvalue weighted by atomic mass is 10.3. The van der Waals surface area contributed by atoms with E-state index in [9.17, 15) is 0 Å². The third-order valence-corrected chi connectivity index (χ3v) is 2.82. The van der Waals surface area contributed by atoms with E-state index in [1.54, 1.807) is 12.4 Å². The van der Waals surface area contributed by atoms with E-state index in [1.165, 1.54) is 18.4 Å². The lowest BCUT2D eigenvalue weighted by Gasteiger charge is -2.16. The minimum Gasteiger partial charge on any atom is -0.355 e. The molecule has 0 saturated carbocycles. The molecule has 0 radical (unpaired) electrons. The average Bonchev–Trinajstić information content (AvgIpc) is 2.29. The fraction of sp³-hybridized carbons (Fsp3) is 0.444. The summed E-state index contributed by atoms with van der Waals surface area (Å²) in [7, 11) is 0. The van der Waals surface area contributed by atoms with Crippen LogP contribution in [-0.2, 0) is 0 Å². The number of hydrogen-bond acceptors (Lipinski definition) is 6. The number of aliphatic imine (C=N–C) groups is 1. The Balaban J connectivity index is 2.02. The number of fused-ring (bicyclic) bond motifs is 1. The van der Waals surface area contributed by atoms with Gasteiger partial charge in [-0.25, -0.2) is 4.99 Å². The van der Waals surface area contributed by atoms with Gasteiger partial charge in [0.2, 0.25) is 5.96 Å². The van der Waals surface area contributed by atoms with E-state index in [0.29, 0.717) is 0 Å². The fourth-order valence-corrected chi connectivity index (χ4v) is 1.80. The number of hydrogen-bond donors (Lipinski definition) is 2. The summed E-state index contributed by atoms with van der Waals surface area (Å²) in [6.45, 7) is 3.11. The third-order valence-electron chi connectivity index (χ3n) is 1.99. The van der Waals surface area contributed by atoms with E-state index in [2.05, 4.69) is 32.2 Å². The Morgan fingerprint density at radius 1 is 1.40 bits per heavy atom. The highest BCUT2D eigenvalue weighted by atomic mass is 32.2. The highest BCUT2D eigenvalue weighted by Gasteiger charge is 2.11. The van der Waals surface area contributed by atoms with Gasteiger partial charge in [-0.15, -0.1) is 0 Å². The quantitative estimate of drug-likeness (QED) is 0.600. The van der Waals surface area contributed by atoms with Crippen molar-refractivity contribution in [1.29, 1.82) is 0 Å². The van der Waals surface area contributed by atoms with Gasteiger partial charge in [-0.05, 0) is 18.4 Å². The summed E-state index contributed by atoms with van der Waals surface area (Å²) in [6, 6.07) is 0. The number of rotatable bonds is 3. The fourth-order valence-electron chi connectivity index (χ4n) is 1.17. The molecule has 0 amide bonds. The van der Waals surface area contributed by atoms with Crippen LogP contribution in [0.4, 0.5) is 5.69 Å². The Kier molecular flexibility index (Phi) is 3.39. The van der Waals surface area contributed by atoms with E-state index in [4.69, 9.17) is 0 Å². The van der Waals surface area contributed by atoms with E-state index < -0.39 is 0 Å². The summed E-state index contributed by atoms with van der Waals surface area (Å²) in [4.78, 5) is 5.39. The van der Waals surface area contributed by atoms with Crippen LogP contribution < -0.4 is 10.0 Å². The smallest absolute Gasteiger partial charge is 0.207 e. The zero-order valence-corrected chi connectivity index (χ0v) is 9.34. The molecule has 5 nitrogen and oxygen atoms in total. The molecule has 0 bridgehead atoms. The molecule has 1 aromatic rings. The maximum atomic E-state index is 4.39. The number of nitrogens with zero attached hydrogens (tertiary/aromatic N) is 3. The first-order valence-corrected chi connectivity index (χ1v) is 5.78. The first-order valence-electron chi connectivity index (χ1n) is 4.96. The molecule has 0 atom stereocenters. The Hall–Kier alpha value is -1.30. The number of unbranched alkanes of at least 4 members (excludes halogenated alkanes) is 1. The molecule has 15 heavy (non-hydrogen) atoms. The van der Waals surface area contributed by atoms with E-state index in [0.717, 1.165) is 29.5 Å². The van der Waals surface area contributed by atoms with Crippen LogP contribution in [0.25, 0.3) is 0 Å². The normalized spacial score (nSPS) is 13.8. The Labute approximate surface area is 92.9 Å². The maximum absolute atomic E-state index is 4.39. The van der Waals surface area contributed by atoms with Gasteiger partial charge in [0, 0.05) is 6.54 Å². The predicted octanol–water partition coefficient (Wildman–Crippen LogP) is 1.46. The second-order valence-electron chi connectivity index (χ2n) is 3.18. The van der Waals surface area contributed by atoms with Gasteiger partial charge < -0.3 is 5.32 Å². The molecule has 0 unspecified atom stereocenters. The third kappa shape index (κ3) is 2.59. The van der Waals surface area contributed by atoms with Crippen LogP contribution in [0.2, 0.25) is 0 Å². The van der Waals surface area contributed by atoms with Gasteiger partial charge in [0.15, 0.2) is 0 Å². The summed E-state index contributed by atoms with van der Waals surface area (Å²) >= 11 is 1.51. The highest BCUT2D eigenvalue weighted by Crippen LogP contribution is 2.28. The Bertz CT molecular complexity index is 365. The second-order valence-corrected chi connectivity index (χ2v) is 4.03. The van der Waals surface area contributed by atoms with Crippen molar-refractivity contribution in [2.24, 2.45) is 4.99 Å². The second kappa shape index (κ2) is 4.97. The van der Waals surface area contributed by atoms with Crippen molar-refractivity contribution in [2.75, 3.05) is 6.54 Å². The molecule has 1 aliphatic rings. The number of nitrogens with one attached hydrogen (secondary N) is 2. The topological polar surface area (TPSA) is 62.2 Å². The summed E-state index contributed by atoms with van der Waals surface area (Å²) < 4.78 is 3.12. The van der Waals surface area contributed by atoms with Gasteiger partial charge in [0.05, 0.1) is 17.3 Å². The molecule has 1 aromatic heterocycles. The molecule has 1 aliphatic heterocycles. The number of aromatic nitrogens is 2. The molecule has 0 aromatic carbocycles. The van der Waals surface area contributed by atoms with Gasteiger partial charge in [0.1, 0.15) is 5.69 Å². The van der Waals surface area contributed by atoms with E-state index >= 15 is 0 Å². The lowest BCUT2D eigenvalue weighted by molar-refractivity contribution is 0.748. The predicted molar refractivity (Wildman–Crippen MR) is 61.0 cm³/mol. The molecule has 0 spiro atoms. The summed E-state index contributed by atoms with van der Waals surface area (Å²) in [5, 5.41) is 10.8. The van der Waals surface area contributed by atoms with E-state index in [-0.39, 0.29) is 0 Å². The molecule has 0 saturated heterocycles. The van der Waals surface area contributed by atoms with Gasteiger partial charge in [0.25, 0.3) is 0 Å². The van der Waals surface area contributed by atoms with Crippen molar-refractivity contribution in [1.82, 2.24) is 20.2 Å². The van der Waals surface area contributed by atoms with Gasteiger partial charge in [-0.1, -0.05) is 13.3 Å². The van der Waals surface area contributed by atoms with Crippen LogP contribution in [0.3, 0.4) is 0 Å². The van der Waals surface area contributed by atoms with Crippen LogP contribution >= 0.6 is 11.9 Å². The van der Waals surface area contributed by atoms with Crippen LogP contribution in [0.1, 0.15) is 19.8 Å². The SMILES string of the molecule is CCCCNC1=Nc2cnncc2SN1. The molecule has 2 rings (SSSR count). The first kappa shape index (κ1) is 10.2. The van der Waals surface area contributed by atoms with Crippen LogP contribution in [0.5, 0.6) is 0 Å². The first-order chi connectivity index (χ1) is 7.40. The summed E-state index contributed by atoms with van der Waals surface area (Å²) in [6.07, 6.45) is 5.70. The molecule has 80 valence electrons. The van der Waals surface area contributed by atoms with Gasteiger partial charge in [-0.3, -0.25) is 4.72 Å². The highest BCUT2D eigenvalue weighted by molar-refractivity contribution is 7.98. The maximum Gasteiger partial charge on any atom is 0.207 e. The Morgan fingerprint density at radius 3 is 3.13 bits per heavy atom. The molecule has 0 fully saturated rings. The standard InChI is InChI=1S/C9H13N5S/c1-2-3-4-10-9-13-7-5-11-12-6-8(7)15-14-9/h5-6H,2-4H2,1H3,(H2,10,13,14). The lowest BCUT2D eigenvalue weighted by Crippen LogP contribution is -2.34. The molecular weight excluding hydrogens is 210 g/mol. The largest absolute Gasteiger partial charge is 0.355 e. The van der Waals surface area contributed by atoms with Crippen molar-refractivity contribution >= 4 is 23.6 Å². The van der Waals surface area contributed by atoms with Crippen molar-refractivity contribution < 1.29 is 0 Å². The molecular formula is C9H13N5S. The monoisotopic (exact) mass is 223 g/mol. The molecule has 2 N–H and O–H groups in total. The van der Waals surface area contributed by atoms with E-state index in [1.807, 2.05) is 0 Å². The van der Waals surface area contributed by atoms with Crippen molar-refractivity contribution in [2.45, 2.75) is 24.7 Å². The van der Waals surface area contributed by atoms with Crippen molar-refractivity contribution in [3.8, 4) is 0 Å².